The normalized spacial score (nSPS) is 10.6. The molecule has 0 bridgehead atoms. The number of carbonyl (C=O) groups excluding carboxylic acids is 2. The van der Waals surface area contributed by atoms with Crippen molar-refractivity contribution in [1.82, 2.24) is 20.6 Å². The van der Waals surface area contributed by atoms with Crippen molar-refractivity contribution in [2.45, 2.75) is 32.6 Å². The molecule has 0 aliphatic carbocycles. The lowest BCUT2D eigenvalue weighted by atomic mass is 10.1. The van der Waals surface area contributed by atoms with Gasteiger partial charge in [-0.1, -0.05) is 13.3 Å². The molecular formula is C12H14N4O3. The average molecular weight is 262 g/mol. The van der Waals surface area contributed by atoms with E-state index in [0.29, 0.717) is 5.56 Å². The maximum Gasteiger partial charge on any atom is 0.269 e. The lowest BCUT2D eigenvalue weighted by molar-refractivity contribution is -0.114. The Bertz CT molecular complexity index is 559. The van der Waals surface area contributed by atoms with Crippen LogP contribution in [0.4, 0.5) is 0 Å². The van der Waals surface area contributed by atoms with Gasteiger partial charge < -0.3 is 4.42 Å². The lowest BCUT2D eigenvalue weighted by Gasteiger charge is -1.93. The van der Waals surface area contributed by atoms with Crippen LogP contribution in [-0.2, 0) is 17.6 Å². The summed E-state index contributed by atoms with van der Waals surface area (Å²) < 4.78 is 5.32. The Hall–Kier alpha value is -2.31. The van der Waals surface area contributed by atoms with Crippen LogP contribution < -0.4 is 0 Å². The molecule has 1 N–H and O–H groups in total. The summed E-state index contributed by atoms with van der Waals surface area (Å²) in [5.74, 6) is -0.703. The number of carbonyl (C=O) groups is 2. The molecule has 0 saturated heterocycles. The number of hydrogen-bond donors (Lipinski definition) is 1. The molecule has 0 spiro atoms. The average Bonchev–Trinajstić information content (AvgIpc) is 3.06. The molecule has 0 fully saturated rings. The van der Waals surface area contributed by atoms with E-state index >= 15 is 0 Å². The third kappa shape index (κ3) is 3.34. The number of aromatic nitrogens is 4. The first-order valence-corrected chi connectivity index (χ1v) is 6.08. The number of nitrogens with one attached hydrogen (secondary N) is 1. The largest absolute Gasteiger partial charge is 0.469 e. The maximum absolute atomic E-state index is 11.7. The zero-order chi connectivity index (χ0) is 13.7. The molecule has 100 valence electrons. The van der Waals surface area contributed by atoms with E-state index in [9.17, 15) is 9.59 Å². The molecule has 7 nitrogen and oxygen atoms in total. The quantitative estimate of drug-likeness (QED) is 0.592. The van der Waals surface area contributed by atoms with Crippen LogP contribution in [0.2, 0.25) is 0 Å². The fraction of sp³-hybridized carbons (Fsp3) is 0.417. The molecule has 0 unspecified atom stereocenters. The van der Waals surface area contributed by atoms with Crippen LogP contribution in [-0.4, -0.2) is 32.2 Å². The summed E-state index contributed by atoms with van der Waals surface area (Å²) in [5, 5.41) is 12.3. The summed E-state index contributed by atoms with van der Waals surface area (Å²) in [6.07, 6.45) is 4.44. The number of unbranched alkanes of at least 4 members (excludes halogenated alkanes) is 1. The fourth-order valence-electron chi connectivity index (χ4n) is 1.65. The molecule has 0 radical (unpaired) electrons. The van der Waals surface area contributed by atoms with Crippen molar-refractivity contribution < 1.29 is 14.0 Å². The molecule has 7 heteroatoms. The van der Waals surface area contributed by atoms with Gasteiger partial charge in [-0.3, -0.25) is 9.59 Å². The zero-order valence-electron chi connectivity index (χ0n) is 10.5. The molecule has 2 aromatic heterocycles. The van der Waals surface area contributed by atoms with Crippen molar-refractivity contribution in [2.75, 3.05) is 0 Å². The SMILES string of the molecule is CCCCc1cc(CC(=O)C(=O)c2nn[nH]n2)co1. The van der Waals surface area contributed by atoms with E-state index < -0.39 is 11.6 Å². The summed E-state index contributed by atoms with van der Waals surface area (Å²) in [7, 11) is 0. The van der Waals surface area contributed by atoms with Gasteiger partial charge in [0.25, 0.3) is 5.78 Å². The number of aromatic amines is 1. The summed E-state index contributed by atoms with van der Waals surface area (Å²) >= 11 is 0. The number of rotatable bonds is 7. The number of hydrogen-bond acceptors (Lipinski definition) is 6. The molecule has 2 aromatic rings. The van der Waals surface area contributed by atoms with E-state index in [0.717, 1.165) is 25.0 Å². The first-order valence-electron chi connectivity index (χ1n) is 6.08. The highest BCUT2D eigenvalue weighted by atomic mass is 16.3. The minimum Gasteiger partial charge on any atom is -0.469 e. The summed E-state index contributed by atoms with van der Waals surface area (Å²) in [5.41, 5.74) is 0.688. The number of aryl methyl sites for hydroxylation is 1. The minimum atomic E-state index is -0.745. The lowest BCUT2D eigenvalue weighted by Crippen LogP contribution is -2.18. The molecule has 2 heterocycles. The molecule has 19 heavy (non-hydrogen) atoms. The molecular weight excluding hydrogens is 248 g/mol. The second-order valence-electron chi connectivity index (χ2n) is 4.19. The van der Waals surface area contributed by atoms with Gasteiger partial charge >= 0.3 is 0 Å². The van der Waals surface area contributed by atoms with E-state index in [4.69, 9.17) is 4.42 Å². The van der Waals surface area contributed by atoms with Gasteiger partial charge in [-0.25, -0.2) is 0 Å². The van der Waals surface area contributed by atoms with Gasteiger partial charge in [-0.05, 0) is 23.3 Å². The second-order valence-corrected chi connectivity index (χ2v) is 4.19. The van der Waals surface area contributed by atoms with Gasteiger partial charge in [0.1, 0.15) is 5.76 Å². The van der Waals surface area contributed by atoms with Crippen LogP contribution in [0.25, 0.3) is 0 Å². The molecule has 0 aliphatic heterocycles. The third-order valence-corrected chi connectivity index (χ3v) is 2.65. The van der Waals surface area contributed by atoms with Crippen molar-refractivity contribution in [2.24, 2.45) is 0 Å². The van der Waals surface area contributed by atoms with Crippen LogP contribution in [0.5, 0.6) is 0 Å². The maximum atomic E-state index is 11.7. The Balaban J connectivity index is 1.95. The first-order chi connectivity index (χ1) is 9.20. The van der Waals surface area contributed by atoms with Crippen molar-refractivity contribution in [3.8, 4) is 0 Å². The van der Waals surface area contributed by atoms with Crippen molar-refractivity contribution >= 4 is 11.6 Å². The van der Waals surface area contributed by atoms with Crippen molar-refractivity contribution in [3.63, 3.8) is 0 Å². The Morgan fingerprint density at radius 2 is 2.26 bits per heavy atom. The number of furan rings is 1. The molecule has 0 aliphatic rings. The summed E-state index contributed by atoms with van der Waals surface area (Å²) in [4.78, 5) is 23.3. The van der Waals surface area contributed by atoms with Crippen LogP contribution in [0.15, 0.2) is 16.7 Å². The summed E-state index contributed by atoms with van der Waals surface area (Å²) in [6.45, 7) is 2.09. The van der Waals surface area contributed by atoms with Gasteiger partial charge in [0, 0.05) is 12.8 Å². The highest BCUT2D eigenvalue weighted by molar-refractivity contribution is 6.43. The van der Waals surface area contributed by atoms with Crippen LogP contribution in [0.3, 0.4) is 0 Å². The number of H-pyrrole nitrogens is 1. The van der Waals surface area contributed by atoms with Crippen LogP contribution in [0.1, 0.15) is 41.7 Å². The fourth-order valence-corrected chi connectivity index (χ4v) is 1.65. The third-order valence-electron chi connectivity index (χ3n) is 2.65. The Morgan fingerprint density at radius 3 is 2.95 bits per heavy atom. The van der Waals surface area contributed by atoms with E-state index in [1.807, 2.05) is 0 Å². The second kappa shape index (κ2) is 6.03. The smallest absolute Gasteiger partial charge is 0.269 e. The molecule has 0 amide bonds. The van der Waals surface area contributed by atoms with E-state index in [1.54, 1.807) is 6.07 Å². The van der Waals surface area contributed by atoms with Crippen molar-refractivity contribution in [1.29, 1.82) is 0 Å². The minimum absolute atomic E-state index is 0.0109. The molecule has 2 rings (SSSR count). The predicted molar refractivity (Wildman–Crippen MR) is 64.5 cm³/mol. The first kappa shape index (κ1) is 13.1. The Morgan fingerprint density at radius 1 is 1.42 bits per heavy atom. The Kier molecular flexibility index (Phi) is 4.17. The molecule has 0 saturated carbocycles. The summed E-state index contributed by atoms with van der Waals surface area (Å²) in [6, 6.07) is 1.80. The number of Topliss-reactive ketones (excluding diaryl/α,β-unsaturated/α-hetero) is 2. The van der Waals surface area contributed by atoms with Gasteiger partial charge in [0.05, 0.1) is 6.26 Å². The standard InChI is InChI=1S/C12H14N4O3/c1-2-3-4-9-5-8(7-19-9)6-10(17)11(18)12-13-15-16-14-12/h5,7H,2-4,6H2,1H3,(H,13,14,15,16). The van der Waals surface area contributed by atoms with E-state index in [1.165, 1.54) is 6.26 Å². The highest BCUT2D eigenvalue weighted by Crippen LogP contribution is 2.12. The van der Waals surface area contributed by atoms with Gasteiger partial charge in [-0.15, -0.1) is 10.2 Å². The van der Waals surface area contributed by atoms with Crippen LogP contribution >= 0.6 is 0 Å². The van der Waals surface area contributed by atoms with Gasteiger partial charge in [-0.2, -0.15) is 5.21 Å². The predicted octanol–water partition coefficient (Wildman–Crippen LogP) is 1.13. The number of tetrazole rings is 1. The van der Waals surface area contributed by atoms with Gasteiger partial charge in [0.15, 0.2) is 0 Å². The topological polar surface area (TPSA) is 102 Å². The molecule has 0 aromatic carbocycles. The number of nitrogens with zero attached hydrogens (tertiary/aromatic N) is 3. The number of ketones is 2. The monoisotopic (exact) mass is 262 g/mol. The highest BCUT2D eigenvalue weighted by Gasteiger charge is 2.21. The van der Waals surface area contributed by atoms with E-state index in [2.05, 4.69) is 27.5 Å². The van der Waals surface area contributed by atoms with Gasteiger partial charge in [0.2, 0.25) is 11.6 Å². The van der Waals surface area contributed by atoms with Crippen molar-refractivity contribution in [3.05, 3.63) is 29.5 Å². The van der Waals surface area contributed by atoms with Crippen LogP contribution in [0, 0.1) is 0 Å². The molecule has 0 atom stereocenters. The Labute approximate surface area is 109 Å². The zero-order valence-corrected chi connectivity index (χ0v) is 10.5. The van der Waals surface area contributed by atoms with E-state index in [-0.39, 0.29) is 12.2 Å².